The van der Waals surface area contributed by atoms with E-state index in [-0.39, 0.29) is 17.2 Å². The van der Waals surface area contributed by atoms with E-state index in [1.54, 1.807) is 10.6 Å². The van der Waals surface area contributed by atoms with Gasteiger partial charge < -0.3 is 0 Å². The van der Waals surface area contributed by atoms with Crippen LogP contribution in [0.3, 0.4) is 0 Å². The number of thioether (sulfide) groups is 1. The Morgan fingerprint density at radius 1 is 1.42 bits per heavy atom. The van der Waals surface area contributed by atoms with E-state index >= 15 is 0 Å². The molecule has 0 aliphatic carbocycles. The molecule has 2 aromatic heterocycles. The minimum atomic E-state index is -3.21. The molecule has 2 aromatic rings. The van der Waals surface area contributed by atoms with E-state index < -0.39 is 10.0 Å². The zero-order chi connectivity index (χ0) is 19.2. The molecule has 0 aliphatic rings. The normalized spacial score (nSPS) is 11.8. The highest BCUT2D eigenvalue weighted by Gasteiger charge is 2.14. The molecule has 0 spiro atoms. The molecular formula is C15H22N4O4S3. The summed E-state index contributed by atoms with van der Waals surface area (Å²) in [5, 5.41) is 6.92. The molecule has 0 atom stereocenters. The van der Waals surface area contributed by atoms with Crippen LogP contribution in [0.25, 0.3) is 0 Å². The van der Waals surface area contributed by atoms with Crippen LogP contribution >= 0.6 is 23.1 Å². The highest BCUT2D eigenvalue weighted by atomic mass is 32.2. The number of aromatic amines is 1. The van der Waals surface area contributed by atoms with Crippen LogP contribution in [0.5, 0.6) is 0 Å². The lowest BCUT2D eigenvalue weighted by atomic mass is 10.3. The zero-order valence-electron chi connectivity index (χ0n) is 14.6. The van der Waals surface area contributed by atoms with Crippen molar-refractivity contribution in [2.24, 2.45) is 0 Å². The van der Waals surface area contributed by atoms with Gasteiger partial charge in [-0.3, -0.25) is 9.36 Å². The maximum atomic E-state index is 12.3. The molecule has 0 saturated heterocycles. The van der Waals surface area contributed by atoms with Crippen LogP contribution in [0, 0.1) is 0 Å². The van der Waals surface area contributed by atoms with Crippen molar-refractivity contribution in [1.29, 1.82) is 0 Å². The molecule has 2 N–H and O–H groups in total. The van der Waals surface area contributed by atoms with Crippen molar-refractivity contribution in [3.63, 3.8) is 0 Å². The van der Waals surface area contributed by atoms with Gasteiger partial charge in [-0.05, 0) is 25.0 Å². The molecule has 144 valence electrons. The summed E-state index contributed by atoms with van der Waals surface area (Å²) in [5.74, 6) is 0.151. The highest BCUT2D eigenvalue weighted by molar-refractivity contribution is 7.99. The van der Waals surface area contributed by atoms with Crippen molar-refractivity contribution in [3.8, 4) is 0 Å². The van der Waals surface area contributed by atoms with E-state index in [4.69, 9.17) is 0 Å². The standard InChI is InChI=1S/C15H22N4O4S3/c1-3-4-9-19-14(21)17-18-15(19)24-10-12(20)13-6-5-11(25-13)7-8-16-26(2,22)23/h5-6,16H,3-4,7-10H2,1-2H3,(H,17,21). The Labute approximate surface area is 160 Å². The fraction of sp³-hybridized carbons (Fsp3) is 0.533. The van der Waals surface area contributed by atoms with E-state index in [0.29, 0.717) is 29.5 Å². The smallest absolute Gasteiger partial charge is 0.292 e. The van der Waals surface area contributed by atoms with Crippen molar-refractivity contribution in [3.05, 3.63) is 32.4 Å². The number of carbonyl (C=O) groups is 1. The van der Waals surface area contributed by atoms with Crippen molar-refractivity contribution in [1.82, 2.24) is 19.5 Å². The second-order valence-electron chi connectivity index (χ2n) is 5.71. The highest BCUT2D eigenvalue weighted by Crippen LogP contribution is 2.21. The lowest BCUT2D eigenvalue weighted by molar-refractivity contribution is 0.102. The quantitative estimate of drug-likeness (QED) is 0.422. The lowest BCUT2D eigenvalue weighted by Gasteiger charge is -2.03. The number of hydrogen-bond acceptors (Lipinski definition) is 7. The summed E-state index contributed by atoms with van der Waals surface area (Å²) >= 11 is 2.59. The summed E-state index contributed by atoms with van der Waals surface area (Å²) in [6, 6.07) is 3.58. The first kappa shape index (κ1) is 20.9. The van der Waals surface area contributed by atoms with Gasteiger partial charge in [-0.15, -0.1) is 16.4 Å². The summed E-state index contributed by atoms with van der Waals surface area (Å²) in [6.45, 7) is 2.93. The van der Waals surface area contributed by atoms with Gasteiger partial charge in [-0.1, -0.05) is 25.1 Å². The van der Waals surface area contributed by atoms with Crippen LogP contribution in [0.1, 0.15) is 34.3 Å². The number of Topliss-reactive ketones (excluding diaryl/α,β-unsaturated/α-hetero) is 1. The number of carbonyl (C=O) groups excluding carboxylic acids is 1. The lowest BCUT2D eigenvalue weighted by Crippen LogP contribution is -2.23. The van der Waals surface area contributed by atoms with Gasteiger partial charge in [0.05, 0.1) is 16.9 Å². The summed E-state index contributed by atoms with van der Waals surface area (Å²) in [6.07, 6.45) is 3.49. The van der Waals surface area contributed by atoms with E-state index in [1.165, 1.54) is 23.1 Å². The molecular weight excluding hydrogens is 396 g/mol. The largest absolute Gasteiger partial charge is 0.343 e. The number of thiophene rings is 1. The first-order valence-electron chi connectivity index (χ1n) is 8.14. The number of sulfonamides is 1. The number of H-pyrrole nitrogens is 1. The average Bonchev–Trinajstić information content (AvgIpc) is 3.17. The van der Waals surface area contributed by atoms with Gasteiger partial charge in [0.15, 0.2) is 10.9 Å². The number of aromatic nitrogens is 3. The van der Waals surface area contributed by atoms with Crippen molar-refractivity contribution >= 4 is 38.9 Å². The fourth-order valence-electron chi connectivity index (χ4n) is 2.15. The molecule has 0 radical (unpaired) electrons. The zero-order valence-corrected chi connectivity index (χ0v) is 17.1. The number of unbranched alkanes of at least 4 members (excludes halogenated alkanes) is 1. The Kier molecular flexibility index (Phi) is 7.62. The van der Waals surface area contributed by atoms with Gasteiger partial charge in [0.2, 0.25) is 10.0 Å². The molecule has 0 saturated carbocycles. The Morgan fingerprint density at radius 2 is 2.19 bits per heavy atom. The second kappa shape index (κ2) is 9.49. The van der Waals surface area contributed by atoms with Gasteiger partial charge in [-0.2, -0.15) is 0 Å². The molecule has 2 heterocycles. The molecule has 0 aliphatic heterocycles. The monoisotopic (exact) mass is 418 g/mol. The predicted octanol–water partition coefficient (Wildman–Crippen LogP) is 1.50. The van der Waals surface area contributed by atoms with Gasteiger partial charge in [0.25, 0.3) is 0 Å². The predicted molar refractivity (Wildman–Crippen MR) is 104 cm³/mol. The molecule has 11 heteroatoms. The van der Waals surface area contributed by atoms with Crippen molar-refractivity contribution in [2.75, 3.05) is 18.6 Å². The van der Waals surface area contributed by atoms with Gasteiger partial charge in [-0.25, -0.2) is 23.0 Å². The Morgan fingerprint density at radius 3 is 2.88 bits per heavy atom. The van der Waals surface area contributed by atoms with Crippen LogP contribution in [-0.4, -0.2) is 47.5 Å². The third kappa shape index (κ3) is 6.38. The average molecular weight is 419 g/mol. The SMILES string of the molecule is CCCCn1c(SCC(=O)c2ccc(CCNS(C)(=O)=O)s2)n[nH]c1=O. The van der Waals surface area contributed by atoms with E-state index in [0.717, 1.165) is 24.0 Å². The Balaban J connectivity index is 1.90. The van der Waals surface area contributed by atoms with Crippen LogP contribution in [0.15, 0.2) is 22.1 Å². The number of hydrogen-bond donors (Lipinski definition) is 2. The van der Waals surface area contributed by atoms with Crippen molar-refractivity contribution < 1.29 is 13.2 Å². The third-order valence-electron chi connectivity index (χ3n) is 3.46. The van der Waals surface area contributed by atoms with Crippen LogP contribution in [-0.2, 0) is 23.0 Å². The van der Waals surface area contributed by atoms with E-state index in [1.807, 2.05) is 13.0 Å². The maximum absolute atomic E-state index is 12.3. The second-order valence-corrected chi connectivity index (χ2v) is 9.65. The first-order chi connectivity index (χ1) is 12.3. The maximum Gasteiger partial charge on any atom is 0.343 e. The molecule has 0 aromatic carbocycles. The topological polar surface area (TPSA) is 114 Å². The fourth-order valence-corrected chi connectivity index (χ4v) is 4.51. The summed E-state index contributed by atoms with van der Waals surface area (Å²) in [4.78, 5) is 25.6. The number of nitrogens with zero attached hydrogens (tertiary/aromatic N) is 2. The number of nitrogens with one attached hydrogen (secondary N) is 2. The summed E-state index contributed by atoms with van der Waals surface area (Å²) in [5.41, 5.74) is -0.259. The summed E-state index contributed by atoms with van der Waals surface area (Å²) in [7, 11) is -3.21. The third-order valence-corrected chi connectivity index (χ3v) is 6.35. The van der Waals surface area contributed by atoms with Crippen LogP contribution in [0.2, 0.25) is 0 Å². The molecule has 0 bridgehead atoms. The van der Waals surface area contributed by atoms with E-state index in [2.05, 4.69) is 14.9 Å². The molecule has 0 fully saturated rings. The van der Waals surface area contributed by atoms with E-state index in [9.17, 15) is 18.0 Å². The number of rotatable bonds is 11. The first-order valence-corrected chi connectivity index (χ1v) is 11.8. The van der Waals surface area contributed by atoms with Crippen molar-refractivity contribution in [2.45, 2.75) is 37.9 Å². The molecule has 0 unspecified atom stereocenters. The minimum absolute atomic E-state index is 0.0418. The molecule has 2 rings (SSSR count). The van der Waals surface area contributed by atoms with Crippen LogP contribution < -0.4 is 10.4 Å². The molecule has 26 heavy (non-hydrogen) atoms. The van der Waals surface area contributed by atoms with Gasteiger partial charge in [0, 0.05) is 18.0 Å². The summed E-state index contributed by atoms with van der Waals surface area (Å²) < 4.78 is 26.1. The van der Waals surface area contributed by atoms with Crippen LogP contribution in [0.4, 0.5) is 0 Å². The Hall–Kier alpha value is -1.43. The van der Waals surface area contributed by atoms with Gasteiger partial charge >= 0.3 is 5.69 Å². The number of ketones is 1. The minimum Gasteiger partial charge on any atom is -0.292 e. The molecule has 8 nitrogen and oxygen atoms in total. The Bertz CT molecular complexity index is 898. The van der Waals surface area contributed by atoms with Gasteiger partial charge in [0.1, 0.15) is 0 Å². The molecule has 0 amide bonds.